The van der Waals surface area contributed by atoms with E-state index in [9.17, 15) is 9.90 Å². The molecule has 1 fully saturated rings. The number of benzene rings is 1. The fraction of sp³-hybridized carbons (Fsp3) is 0.0769. The van der Waals surface area contributed by atoms with Gasteiger partial charge in [-0.05, 0) is 23.9 Å². The van der Waals surface area contributed by atoms with Crippen LogP contribution in [-0.4, -0.2) is 26.0 Å². The number of nitrogens with zero attached hydrogens (tertiary/aromatic N) is 1. The minimum absolute atomic E-state index is 0.106. The molecular weight excluding hydrogens is 266 g/mol. The summed E-state index contributed by atoms with van der Waals surface area (Å²) in [6.45, 7) is 4.13. The van der Waals surface area contributed by atoms with Crippen molar-refractivity contribution in [3.8, 4) is 5.75 Å². The van der Waals surface area contributed by atoms with Crippen LogP contribution in [0.5, 0.6) is 5.75 Å². The van der Waals surface area contributed by atoms with Gasteiger partial charge in [-0.25, -0.2) is 0 Å². The Morgan fingerprint density at radius 1 is 1.44 bits per heavy atom. The number of para-hydroxylation sites is 1. The van der Waals surface area contributed by atoms with Crippen LogP contribution in [0.25, 0.3) is 6.08 Å². The van der Waals surface area contributed by atoms with E-state index >= 15 is 0 Å². The highest BCUT2D eigenvalue weighted by Crippen LogP contribution is 2.31. The van der Waals surface area contributed by atoms with E-state index in [-0.39, 0.29) is 10.9 Å². The highest BCUT2D eigenvalue weighted by molar-refractivity contribution is 8.33. The number of hydrogen-bond donors (Lipinski definition) is 1. The maximum Gasteiger partial charge on any atom is 0.242 e. The Balaban J connectivity index is 2.41. The van der Waals surface area contributed by atoms with Gasteiger partial charge < -0.3 is 10.0 Å². The molecule has 0 bridgehead atoms. The van der Waals surface area contributed by atoms with Gasteiger partial charge in [0, 0.05) is 12.1 Å². The first-order valence-electron chi connectivity index (χ1n) is 5.27. The highest BCUT2D eigenvalue weighted by atomic mass is 32.2. The summed E-state index contributed by atoms with van der Waals surface area (Å²) in [6, 6.07) is 6.85. The first-order valence-corrected chi connectivity index (χ1v) is 6.50. The number of phenolic OH excluding ortho intramolecular Hbond substituents is 1. The van der Waals surface area contributed by atoms with E-state index in [1.807, 2.05) is 0 Å². The van der Waals surface area contributed by atoms with Gasteiger partial charge in [0.25, 0.3) is 0 Å². The Morgan fingerprint density at radius 2 is 2.17 bits per heavy atom. The molecule has 0 amide bonds. The summed E-state index contributed by atoms with van der Waals surface area (Å²) < 4.78 is 0.515. The van der Waals surface area contributed by atoms with Crippen LogP contribution in [0, 0.1) is 0 Å². The molecule has 1 aliphatic rings. The molecular formula is C13H11NO2S2. The van der Waals surface area contributed by atoms with Crippen LogP contribution in [0.4, 0.5) is 0 Å². The van der Waals surface area contributed by atoms with E-state index in [0.29, 0.717) is 22.1 Å². The van der Waals surface area contributed by atoms with Crippen molar-refractivity contribution in [2.45, 2.75) is 0 Å². The zero-order chi connectivity index (χ0) is 13.1. The van der Waals surface area contributed by atoms with Gasteiger partial charge in [0.2, 0.25) is 5.12 Å². The number of aromatic hydroxyl groups is 1. The van der Waals surface area contributed by atoms with Gasteiger partial charge in [-0.2, -0.15) is 0 Å². The molecule has 92 valence electrons. The highest BCUT2D eigenvalue weighted by Gasteiger charge is 2.30. The largest absolute Gasteiger partial charge is 0.507 e. The smallest absolute Gasteiger partial charge is 0.242 e. The van der Waals surface area contributed by atoms with Crippen molar-refractivity contribution >= 4 is 39.5 Å². The molecule has 0 aromatic heterocycles. The van der Waals surface area contributed by atoms with Crippen molar-refractivity contribution in [3.63, 3.8) is 0 Å². The van der Waals surface area contributed by atoms with Crippen molar-refractivity contribution in [2.24, 2.45) is 0 Å². The predicted molar refractivity (Wildman–Crippen MR) is 78.2 cm³/mol. The van der Waals surface area contributed by atoms with E-state index in [2.05, 4.69) is 6.58 Å². The van der Waals surface area contributed by atoms with Crippen LogP contribution < -0.4 is 0 Å². The van der Waals surface area contributed by atoms with E-state index in [4.69, 9.17) is 12.2 Å². The van der Waals surface area contributed by atoms with Crippen molar-refractivity contribution in [1.82, 2.24) is 4.90 Å². The summed E-state index contributed by atoms with van der Waals surface area (Å²) in [5.41, 5.74) is 1.08. The summed E-state index contributed by atoms with van der Waals surface area (Å²) in [6.07, 6.45) is 3.33. The standard InChI is InChI=1S/C13H11NO2S2/c1-2-7-14-10(12(16)18-13(14)17)8-9-5-3-4-6-11(9)15/h2-6,8,15H,1,7H2. The first kappa shape index (κ1) is 12.9. The van der Waals surface area contributed by atoms with E-state index in [1.54, 1.807) is 41.3 Å². The Labute approximate surface area is 115 Å². The van der Waals surface area contributed by atoms with Crippen LogP contribution in [-0.2, 0) is 4.79 Å². The number of phenols is 1. The van der Waals surface area contributed by atoms with Crippen LogP contribution in [0.15, 0.2) is 42.6 Å². The van der Waals surface area contributed by atoms with Gasteiger partial charge >= 0.3 is 0 Å². The Kier molecular flexibility index (Phi) is 3.84. The lowest BCUT2D eigenvalue weighted by Gasteiger charge is -2.15. The third-order valence-electron chi connectivity index (χ3n) is 2.44. The van der Waals surface area contributed by atoms with Crippen molar-refractivity contribution in [1.29, 1.82) is 0 Å². The normalized spacial score (nSPS) is 17.6. The zero-order valence-corrected chi connectivity index (χ0v) is 11.1. The fourth-order valence-electron chi connectivity index (χ4n) is 1.59. The summed E-state index contributed by atoms with van der Waals surface area (Å²) in [5, 5.41) is 9.60. The Hall–Kier alpha value is -1.59. The summed E-state index contributed by atoms with van der Waals surface area (Å²) >= 11 is 6.15. The van der Waals surface area contributed by atoms with E-state index in [1.165, 1.54) is 0 Å². The van der Waals surface area contributed by atoms with Crippen LogP contribution >= 0.6 is 24.0 Å². The molecule has 0 spiro atoms. The van der Waals surface area contributed by atoms with Gasteiger partial charge in [-0.1, -0.05) is 36.5 Å². The van der Waals surface area contributed by atoms with Gasteiger partial charge in [0.15, 0.2) is 0 Å². The average Bonchev–Trinajstić information content (AvgIpc) is 2.59. The molecule has 1 aromatic carbocycles. The second-order valence-corrected chi connectivity index (χ2v) is 5.25. The molecule has 0 aliphatic carbocycles. The number of carbonyl (C=O) groups excluding carboxylic acids is 1. The third-order valence-corrected chi connectivity index (χ3v) is 3.70. The number of thiocarbonyl (C=S) groups is 1. The van der Waals surface area contributed by atoms with Crippen LogP contribution in [0.1, 0.15) is 5.56 Å². The van der Waals surface area contributed by atoms with Gasteiger partial charge in [-0.15, -0.1) is 6.58 Å². The quantitative estimate of drug-likeness (QED) is 0.522. The summed E-state index contributed by atoms with van der Waals surface area (Å²) in [5.74, 6) is 0.138. The lowest BCUT2D eigenvalue weighted by Crippen LogP contribution is -2.21. The molecule has 1 heterocycles. The first-order chi connectivity index (χ1) is 8.63. The monoisotopic (exact) mass is 277 g/mol. The van der Waals surface area contributed by atoms with Crippen molar-refractivity contribution in [2.75, 3.05) is 6.54 Å². The van der Waals surface area contributed by atoms with Crippen molar-refractivity contribution in [3.05, 3.63) is 48.2 Å². The average molecular weight is 277 g/mol. The van der Waals surface area contributed by atoms with Gasteiger partial charge in [0.05, 0.1) is 5.70 Å². The van der Waals surface area contributed by atoms with Crippen LogP contribution in [0.2, 0.25) is 0 Å². The lowest BCUT2D eigenvalue weighted by molar-refractivity contribution is -0.108. The zero-order valence-electron chi connectivity index (χ0n) is 9.50. The number of carbonyl (C=O) groups is 1. The Bertz CT molecular complexity index is 552. The molecule has 1 aliphatic heterocycles. The molecule has 0 unspecified atom stereocenters. The van der Waals surface area contributed by atoms with Crippen molar-refractivity contribution < 1.29 is 9.90 Å². The van der Waals surface area contributed by atoms with Gasteiger partial charge in [0.1, 0.15) is 10.1 Å². The summed E-state index contributed by atoms with van der Waals surface area (Å²) in [4.78, 5) is 13.5. The molecule has 0 atom stereocenters. The number of rotatable bonds is 3. The molecule has 5 heteroatoms. The molecule has 0 radical (unpaired) electrons. The molecule has 18 heavy (non-hydrogen) atoms. The number of hydrogen-bond acceptors (Lipinski definition) is 4. The molecule has 1 saturated heterocycles. The Morgan fingerprint density at radius 3 is 2.83 bits per heavy atom. The van der Waals surface area contributed by atoms with Crippen LogP contribution in [0.3, 0.4) is 0 Å². The summed E-state index contributed by atoms with van der Waals surface area (Å²) in [7, 11) is 0. The lowest BCUT2D eigenvalue weighted by atomic mass is 10.1. The maximum absolute atomic E-state index is 11.8. The molecule has 1 aromatic rings. The fourth-order valence-corrected chi connectivity index (χ4v) is 2.71. The minimum atomic E-state index is -0.106. The minimum Gasteiger partial charge on any atom is -0.507 e. The van der Waals surface area contributed by atoms with E-state index < -0.39 is 0 Å². The second-order valence-electron chi connectivity index (χ2n) is 3.64. The van der Waals surface area contributed by atoms with Gasteiger partial charge in [-0.3, -0.25) is 4.79 Å². The second kappa shape index (κ2) is 5.37. The van der Waals surface area contributed by atoms with E-state index in [0.717, 1.165) is 11.8 Å². The molecule has 0 saturated carbocycles. The molecule has 1 N–H and O–H groups in total. The topological polar surface area (TPSA) is 40.5 Å². The molecule has 3 nitrogen and oxygen atoms in total. The SMILES string of the molecule is C=CCN1C(=S)SC(=O)C1=Cc1ccccc1O. The third kappa shape index (κ3) is 2.47. The predicted octanol–water partition coefficient (Wildman–Crippen LogP) is 2.78. The molecule has 2 rings (SSSR count). The number of thioether (sulfide) groups is 1. The maximum atomic E-state index is 11.8.